The predicted octanol–water partition coefficient (Wildman–Crippen LogP) is 3.51. The zero-order valence-electron chi connectivity index (χ0n) is 16.7. The molecule has 1 atom stereocenters. The Labute approximate surface area is 170 Å². The molecule has 3 aromatic rings. The number of aromatic nitrogens is 2. The zero-order chi connectivity index (χ0) is 20.2. The minimum absolute atomic E-state index is 0.0624. The van der Waals surface area contributed by atoms with Crippen molar-refractivity contribution in [1.29, 1.82) is 0 Å². The molecule has 1 unspecified atom stereocenters. The van der Waals surface area contributed by atoms with Crippen LogP contribution in [0.15, 0.2) is 59.2 Å². The number of hydrogen-bond donors (Lipinski definition) is 1. The van der Waals surface area contributed by atoms with Gasteiger partial charge in [-0.1, -0.05) is 30.3 Å². The number of aryl methyl sites for hydroxylation is 1. The Bertz CT molecular complexity index is 951. The Morgan fingerprint density at radius 1 is 1.07 bits per heavy atom. The fraction of sp³-hybridized carbons (Fsp3) is 0.318. The predicted molar refractivity (Wildman–Crippen MR) is 112 cm³/mol. The summed E-state index contributed by atoms with van der Waals surface area (Å²) < 4.78 is 5.23. The van der Waals surface area contributed by atoms with Gasteiger partial charge < -0.3 is 19.5 Å². The van der Waals surface area contributed by atoms with E-state index in [1.807, 2.05) is 36.1 Å². The summed E-state index contributed by atoms with van der Waals surface area (Å²) in [6, 6.07) is 15.8. The number of furan rings is 1. The molecule has 1 saturated heterocycles. The highest BCUT2D eigenvalue weighted by Gasteiger charge is 2.24. The largest absolute Gasteiger partial charge is 0.459 e. The normalized spacial score (nSPS) is 15.2. The Balaban J connectivity index is 1.42. The van der Waals surface area contributed by atoms with Gasteiger partial charge in [0, 0.05) is 37.9 Å². The molecule has 0 radical (unpaired) electrons. The molecule has 7 heteroatoms. The third kappa shape index (κ3) is 4.39. The molecule has 0 saturated carbocycles. The molecule has 4 rings (SSSR count). The third-order valence-corrected chi connectivity index (χ3v) is 5.11. The van der Waals surface area contributed by atoms with Crippen molar-refractivity contribution in [1.82, 2.24) is 14.9 Å². The van der Waals surface area contributed by atoms with E-state index in [0.717, 1.165) is 24.6 Å². The van der Waals surface area contributed by atoms with E-state index in [2.05, 4.69) is 34.3 Å². The minimum atomic E-state index is -0.0624. The lowest BCUT2D eigenvalue weighted by atomic mass is 10.1. The van der Waals surface area contributed by atoms with Crippen molar-refractivity contribution in [3.63, 3.8) is 0 Å². The van der Waals surface area contributed by atoms with E-state index in [0.29, 0.717) is 24.8 Å². The summed E-state index contributed by atoms with van der Waals surface area (Å²) in [5.41, 5.74) is 2.09. The van der Waals surface area contributed by atoms with E-state index in [9.17, 15) is 4.79 Å². The Morgan fingerprint density at radius 3 is 2.52 bits per heavy atom. The minimum Gasteiger partial charge on any atom is -0.459 e. The van der Waals surface area contributed by atoms with Gasteiger partial charge in [-0.25, -0.2) is 4.98 Å². The number of amides is 1. The number of nitrogens with zero attached hydrogens (tertiary/aromatic N) is 4. The van der Waals surface area contributed by atoms with Gasteiger partial charge in [0.15, 0.2) is 5.76 Å². The quantitative estimate of drug-likeness (QED) is 0.717. The molecule has 7 nitrogen and oxygen atoms in total. The standard InChI is InChI=1S/C22H25N5O2/c1-16-15-20(25-22(23-16)24-17(2)18-7-4-3-5-8-18)26-10-12-27(13-11-26)21(28)19-9-6-14-29-19/h3-9,14-15,17H,10-13H2,1-2H3,(H,23,24,25). The first-order valence-corrected chi connectivity index (χ1v) is 9.85. The van der Waals surface area contributed by atoms with Gasteiger partial charge in [-0.05, 0) is 31.5 Å². The van der Waals surface area contributed by atoms with Gasteiger partial charge in [-0.3, -0.25) is 4.79 Å². The number of nitrogens with one attached hydrogen (secondary N) is 1. The van der Waals surface area contributed by atoms with Crippen LogP contribution >= 0.6 is 0 Å². The van der Waals surface area contributed by atoms with E-state index in [1.54, 1.807) is 12.1 Å². The van der Waals surface area contributed by atoms with Crippen molar-refractivity contribution < 1.29 is 9.21 Å². The first-order valence-electron chi connectivity index (χ1n) is 9.85. The van der Waals surface area contributed by atoms with Crippen LogP contribution in [-0.4, -0.2) is 47.0 Å². The summed E-state index contributed by atoms with van der Waals surface area (Å²) in [7, 11) is 0. The number of anilines is 2. The van der Waals surface area contributed by atoms with Crippen LogP contribution in [0.25, 0.3) is 0 Å². The zero-order valence-corrected chi connectivity index (χ0v) is 16.7. The van der Waals surface area contributed by atoms with Gasteiger partial charge in [0.25, 0.3) is 5.91 Å². The van der Waals surface area contributed by atoms with Crippen molar-refractivity contribution in [3.05, 3.63) is 71.8 Å². The summed E-state index contributed by atoms with van der Waals surface area (Å²) >= 11 is 0. The highest BCUT2D eigenvalue weighted by Crippen LogP contribution is 2.21. The molecule has 2 aromatic heterocycles. The van der Waals surface area contributed by atoms with E-state index >= 15 is 0 Å². The summed E-state index contributed by atoms with van der Waals surface area (Å²) in [5, 5.41) is 3.40. The van der Waals surface area contributed by atoms with Crippen LogP contribution in [0.5, 0.6) is 0 Å². The number of rotatable bonds is 5. The van der Waals surface area contributed by atoms with Gasteiger partial charge >= 0.3 is 0 Å². The molecular formula is C22H25N5O2. The number of hydrogen-bond acceptors (Lipinski definition) is 6. The van der Waals surface area contributed by atoms with Crippen LogP contribution in [0.3, 0.4) is 0 Å². The lowest BCUT2D eigenvalue weighted by Crippen LogP contribution is -2.49. The molecule has 3 heterocycles. The van der Waals surface area contributed by atoms with Crippen molar-refractivity contribution in [2.24, 2.45) is 0 Å². The van der Waals surface area contributed by atoms with Crippen LogP contribution in [0, 0.1) is 6.92 Å². The van der Waals surface area contributed by atoms with Gasteiger partial charge in [0.1, 0.15) is 5.82 Å². The van der Waals surface area contributed by atoms with Crippen LogP contribution < -0.4 is 10.2 Å². The Kier molecular flexibility index (Phi) is 5.46. The lowest BCUT2D eigenvalue weighted by Gasteiger charge is -2.35. The van der Waals surface area contributed by atoms with Crippen molar-refractivity contribution in [2.75, 3.05) is 36.4 Å². The molecular weight excluding hydrogens is 366 g/mol. The maximum Gasteiger partial charge on any atom is 0.289 e. The van der Waals surface area contributed by atoms with Gasteiger partial charge in [0.05, 0.1) is 12.3 Å². The third-order valence-electron chi connectivity index (χ3n) is 5.11. The molecule has 1 fully saturated rings. The summed E-state index contributed by atoms with van der Waals surface area (Å²) in [6.45, 7) is 6.77. The molecule has 1 aliphatic rings. The van der Waals surface area contributed by atoms with Crippen molar-refractivity contribution >= 4 is 17.7 Å². The van der Waals surface area contributed by atoms with Crippen LogP contribution in [-0.2, 0) is 0 Å². The van der Waals surface area contributed by atoms with Crippen LogP contribution in [0.4, 0.5) is 11.8 Å². The highest BCUT2D eigenvalue weighted by molar-refractivity contribution is 5.91. The van der Waals surface area contributed by atoms with E-state index in [4.69, 9.17) is 9.40 Å². The first-order chi connectivity index (χ1) is 14.1. The van der Waals surface area contributed by atoms with Crippen molar-refractivity contribution in [2.45, 2.75) is 19.9 Å². The van der Waals surface area contributed by atoms with E-state index < -0.39 is 0 Å². The van der Waals surface area contributed by atoms with E-state index in [-0.39, 0.29) is 11.9 Å². The maximum atomic E-state index is 12.4. The number of benzene rings is 1. The summed E-state index contributed by atoms with van der Waals surface area (Å²) in [4.78, 5) is 25.7. The molecule has 1 aromatic carbocycles. The number of carbonyl (C=O) groups excluding carboxylic acids is 1. The average molecular weight is 391 g/mol. The number of piperazine rings is 1. The average Bonchev–Trinajstić information content (AvgIpc) is 3.28. The topological polar surface area (TPSA) is 74.5 Å². The SMILES string of the molecule is Cc1cc(N2CCN(C(=O)c3ccco3)CC2)nc(NC(C)c2ccccc2)n1. The molecule has 1 amide bonds. The fourth-order valence-electron chi connectivity index (χ4n) is 3.49. The summed E-state index contributed by atoms with van der Waals surface area (Å²) in [6.07, 6.45) is 1.53. The molecule has 1 aliphatic heterocycles. The smallest absolute Gasteiger partial charge is 0.289 e. The Morgan fingerprint density at radius 2 is 1.83 bits per heavy atom. The van der Waals surface area contributed by atoms with Crippen LogP contribution in [0.1, 0.15) is 34.8 Å². The van der Waals surface area contributed by atoms with Crippen molar-refractivity contribution in [3.8, 4) is 0 Å². The molecule has 150 valence electrons. The molecule has 1 N–H and O–H groups in total. The molecule has 0 bridgehead atoms. The fourth-order valence-corrected chi connectivity index (χ4v) is 3.49. The molecule has 0 spiro atoms. The highest BCUT2D eigenvalue weighted by atomic mass is 16.3. The van der Waals surface area contributed by atoms with E-state index in [1.165, 1.54) is 11.8 Å². The maximum absolute atomic E-state index is 12.4. The lowest BCUT2D eigenvalue weighted by molar-refractivity contribution is 0.0714. The summed E-state index contributed by atoms with van der Waals surface area (Å²) in [5.74, 6) is 1.82. The van der Waals surface area contributed by atoms with Gasteiger partial charge in [-0.2, -0.15) is 4.98 Å². The van der Waals surface area contributed by atoms with Gasteiger partial charge in [-0.15, -0.1) is 0 Å². The Hall–Kier alpha value is -3.35. The second-order valence-electron chi connectivity index (χ2n) is 7.22. The second kappa shape index (κ2) is 8.34. The molecule has 0 aliphatic carbocycles. The van der Waals surface area contributed by atoms with Crippen LogP contribution in [0.2, 0.25) is 0 Å². The van der Waals surface area contributed by atoms with Gasteiger partial charge in [0.2, 0.25) is 5.95 Å². The second-order valence-corrected chi connectivity index (χ2v) is 7.22. The molecule has 29 heavy (non-hydrogen) atoms. The first kappa shape index (κ1) is 19.0. The number of carbonyl (C=O) groups is 1. The monoisotopic (exact) mass is 391 g/mol.